The maximum Gasteiger partial charge on any atom is 0.355 e. The Hall–Kier alpha value is -1.67. The number of aromatic carboxylic acids is 1. The van der Waals surface area contributed by atoms with Gasteiger partial charge in [-0.1, -0.05) is 0 Å². The summed E-state index contributed by atoms with van der Waals surface area (Å²) in [4.78, 5) is 28.7. The number of hydrogen-bond acceptors (Lipinski definition) is 5. The van der Waals surface area contributed by atoms with Crippen LogP contribution in [0.2, 0.25) is 0 Å². The first-order valence-electron chi connectivity index (χ1n) is 6.89. The molecule has 3 N–H and O–H groups in total. The monoisotopic (exact) mass is 313 g/mol. The first-order valence-corrected chi connectivity index (χ1v) is 7.77. The van der Waals surface area contributed by atoms with Crippen molar-refractivity contribution in [1.82, 2.24) is 15.2 Å². The van der Waals surface area contributed by atoms with E-state index in [1.165, 1.54) is 16.7 Å². The van der Waals surface area contributed by atoms with Crippen molar-refractivity contribution in [2.75, 3.05) is 13.2 Å². The highest BCUT2D eigenvalue weighted by molar-refractivity contribution is 7.09. The van der Waals surface area contributed by atoms with Crippen LogP contribution in [0, 0.1) is 0 Å². The van der Waals surface area contributed by atoms with Crippen LogP contribution in [0.4, 0.5) is 4.79 Å². The Morgan fingerprint density at radius 3 is 2.76 bits per heavy atom. The third-order valence-corrected chi connectivity index (χ3v) is 4.60. The molecule has 116 valence electrons. The lowest BCUT2D eigenvalue weighted by atomic mass is 9.91. The van der Waals surface area contributed by atoms with Crippen LogP contribution in [-0.2, 0) is 0 Å². The van der Waals surface area contributed by atoms with E-state index >= 15 is 0 Å². The minimum atomic E-state index is -1.08. The molecule has 0 aliphatic heterocycles. The van der Waals surface area contributed by atoms with Crippen molar-refractivity contribution in [3.05, 3.63) is 16.1 Å². The number of amides is 2. The van der Waals surface area contributed by atoms with Gasteiger partial charge in [-0.2, -0.15) is 0 Å². The van der Waals surface area contributed by atoms with Crippen LogP contribution in [0.3, 0.4) is 0 Å². The normalized spacial score (nSPS) is 16.1. The molecule has 1 heterocycles. The Labute approximate surface area is 126 Å². The van der Waals surface area contributed by atoms with Gasteiger partial charge >= 0.3 is 12.0 Å². The number of aliphatic hydroxyl groups excluding tert-OH is 1. The fourth-order valence-corrected chi connectivity index (χ4v) is 2.97. The predicted octanol–water partition coefficient (Wildman–Crippen LogP) is 1.46. The van der Waals surface area contributed by atoms with Gasteiger partial charge in [-0.05, 0) is 26.2 Å². The van der Waals surface area contributed by atoms with Gasteiger partial charge < -0.3 is 20.4 Å². The predicted molar refractivity (Wildman–Crippen MR) is 77.5 cm³/mol. The smallest absolute Gasteiger partial charge is 0.355 e. The lowest BCUT2D eigenvalue weighted by molar-refractivity contribution is 0.0691. The number of aliphatic hydroxyl groups is 1. The molecule has 1 atom stereocenters. The molecule has 0 aromatic carbocycles. The van der Waals surface area contributed by atoms with E-state index in [1.54, 1.807) is 11.8 Å². The molecule has 0 spiro atoms. The van der Waals surface area contributed by atoms with E-state index < -0.39 is 5.97 Å². The topological polar surface area (TPSA) is 103 Å². The summed E-state index contributed by atoms with van der Waals surface area (Å²) in [6, 6.07) is -0.416. The molecular weight excluding hydrogens is 294 g/mol. The fraction of sp³-hybridized carbons (Fsp3) is 0.615. The van der Waals surface area contributed by atoms with Gasteiger partial charge in [-0.3, -0.25) is 0 Å². The lowest BCUT2D eigenvalue weighted by Gasteiger charge is -2.37. The molecule has 1 saturated carbocycles. The number of urea groups is 1. The number of carboxylic acids is 1. The molecule has 1 fully saturated rings. The van der Waals surface area contributed by atoms with Gasteiger partial charge in [-0.25, -0.2) is 14.6 Å². The molecule has 0 radical (unpaired) electrons. The highest BCUT2D eigenvalue weighted by atomic mass is 32.1. The Balaban J connectivity index is 1.97. The number of carboxylic acid groups (broad SMARTS) is 1. The quantitative estimate of drug-likeness (QED) is 0.738. The Kier molecular flexibility index (Phi) is 5.13. The van der Waals surface area contributed by atoms with Gasteiger partial charge in [0.1, 0.15) is 5.01 Å². The molecule has 1 aliphatic carbocycles. The largest absolute Gasteiger partial charge is 0.476 e. The summed E-state index contributed by atoms with van der Waals surface area (Å²) in [5.74, 6) is -1.08. The average Bonchev–Trinajstić information content (AvgIpc) is 2.85. The summed E-state index contributed by atoms with van der Waals surface area (Å²) in [7, 11) is 0. The molecule has 1 unspecified atom stereocenters. The van der Waals surface area contributed by atoms with Crippen LogP contribution in [0.15, 0.2) is 5.38 Å². The SMILES string of the molecule is CC(NC(=O)N(CCO)C1CCC1)c1nc(C(=O)O)cs1. The fourth-order valence-electron chi connectivity index (χ4n) is 2.17. The van der Waals surface area contributed by atoms with Gasteiger partial charge in [0.2, 0.25) is 0 Å². The second-order valence-electron chi connectivity index (χ2n) is 5.05. The number of aromatic nitrogens is 1. The van der Waals surface area contributed by atoms with Gasteiger partial charge in [0.05, 0.1) is 12.6 Å². The molecule has 1 aromatic heterocycles. The number of carbonyl (C=O) groups is 2. The summed E-state index contributed by atoms with van der Waals surface area (Å²) in [6.07, 6.45) is 3.02. The third-order valence-electron chi connectivity index (χ3n) is 3.57. The number of hydrogen-bond donors (Lipinski definition) is 3. The molecule has 2 amide bonds. The zero-order chi connectivity index (χ0) is 15.4. The summed E-state index contributed by atoms with van der Waals surface area (Å²) in [5.41, 5.74) is -0.0118. The summed E-state index contributed by atoms with van der Waals surface area (Å²) in [5, 5.41) is 22.7. The third kappa shape index (κ3) is 3.70. The molecule has 1 aromatic rings. The maximum absolute atomic E-state index is 12.3. The molecule has 1 aliphatic rings. The van der Waals surface area contributed by atoms with Crippen LogP contribution >= 0.6 is 11.3 Å². The number of nitrogens with one attached hydrogen (secondary N) is 1. The van der Waals surface area contributed by atoms with E-state index in [1.807, 2.05) is 0 Å². The molecule has 21 heavy (non-hydrogen) atoms. The van der Waals surface area contributed by atoms with Crippen LogP contribution < -0.4 is 5.32 Å². The summed E-state index contributed by atoms with van der Waals surface area (Å²) in [6.45, 7) is 2.00. The van der Waals surface area contributed by atoms with E-state index in [0.717, 1.165) is 19.3 Å². The van der Waals surface area contributed by atoms with E-state index in [0.29, 0.717) is 11.6 Å². The van der Waals surface area contributed by atoms with E-state index in [9.17, 15) is 9.59 Å². The Bertz CT molecular complexity index is 515. The van der Waals surface area contributed by atoms with Crippen molar-refractivity contribution in [2.24, 2.45) is 0 Å². The highest BCUT2D eigenvalue weighted by Gasteiger charge is 2.29. The van der Waals surface area contributed by atoms with Gasteiger partial charge in [0, 0.05) is 18.0 Å². The van der Waals surface area contributed by atoms with Crippen molar-refractivity contribution in [3.63, 3.8) is 0 Å². The van der Waals surface area contributed by atoms with E-state index in [4.69, 9.17) is 10.2 Å². The molecule has 0 saturated heterocycles. The molecule has 8 heteroatoms. The molecule has 7 nitrogen and oxygen atoms in total. The number of carbonyl (C=O) groups excluding carboxylic acids is 1. The maximum atomic E-state index is 12.3. The molecule has 2 rings (SSSR count). The molecular formula is C13H19N3O4S. The summed E-state index contributed by atoms with van der Waals surface area (Å²) >= 11 is 1.21. The van der Waals surface area contributed by atoms with Crippen molar-refractivity contribution in [3.8, 4) is 0 Å². The molecule has 0 bridgehead atoms. The van der Waals surface area contributed by atoms with Gasteiger partial charge in [0.25, 0.3) is 0 Å². The van der Waals surface area contributed by atoms with Crippen molar-refractivity contribution < 1.29 is 19.8 Å². The average molecular weight is 313 g/mol. The van der Waals surface area contributed by atoms with E-state index in [2.05, 4.69) is 10.3 Å². The van der Waals surface area contributed by atoms with E-state index in [-0.39, 0.29) is 30.4 Å². The minimum absolute atomic E-state index is 0.0118. The second kappa shape index (κ2) is 6.86. The van der Waals surface area contributed by atoms with Crippen LogP contribution in [-0.4, -0.2) is 51.3 Å². The number of nitrogens with zero attached hydrogens (tertiary/aromatic N) is 2. The highest BCUT2D eigenvalue weighted by Crippen LogP contribution is 2.25. The Morgan fingerprint density at radius 2 is 2.29 bits per heavy atom. The standard InChI is InChI=1S/C13H19N3O4S/c1-8(11-15-10(7-21-11)12(18)19)14-13(20)16(5-6-17)9-3-2-4-9/h7-9,17H,2-6H2,1H3,(H,14,20)(H,18,19). The van der Waals surface area contributed by atoms with Crippen LogP contribution in [0.5, 0.6) is 0 Å². The zero-order valence-electron chi connectivity index (χ0n) is 11.8. The number of thiazole rings is 1. The minimum Gasteiger partial charge on any atom is -0.476 e. The van der Waals surface area contributed by atoms with Crippen LogP contribution in [0.1, 0.15) is 47.7 Å². The Morgan fingerprint density at radius 1 is 1.57 bits per heavy atom. The first-order chi connectivity index (χ1) is 10.0. The van der Waals surface area contributed by atoms with Gasteiger partial charge in [0.15, 0.2) is 5.69 Å². The van der Waals surface area contributed by atoms with Gasteiger partial charge in [-0.15, -0.1) is 11.3 Å². The number of rotatable bonds is 6. The summed E-state index contributed by atoms with van der Waals surface area (Å²) < 4.78 is 0. The van der Waals surface area contributed by atoms with Crippen LogP contribution in [0.25, 0.3) is 0 Å². The zero-order valence-corrected chi connectivity index (χ0v) is 12.6. The van der Waals surface area contributed by atoms with Crippen molar-refractivity contribution in [1.29, 1.82) is 0 Å². The first kappa shape index (κ1) is 15.7. The van der Waals surface area contributed by atoms with Crippen molar-refractivity contribution in [2.45, 2.75) is 38.3 Å². The van der Waals surface area contributed by atoms with Crippen molar-refractivity contribution >= 4 is 23.3 Å². The second-order valence-corrected chi connectivity index (χ2v) is 5.94. The lowest BCUT2D eigenvalue weighted by Crippen LogP contribution is -2.50.